The van der Waals surface area contributed by atoms with E-state index >= 15 is 0 Å². The molecule has 0 radical (unpaired) electrons. The number of nitrogens with zero attached hydrogens (tertiary/aromatic N) is 2. The summed E-state index contributed by atoms with van der Waals surface area (Å²) < 4.78 is 0. The lowest BCUT2D eigenvalue weighted by Crippen LogP contribution is -2.34. The summed E-state index contributed by atoms with van der Waals surface area (Å²) in [6, 6.07) is 19.5. The molecule has 2 aliphatic heterocycles. The Labute approximate surface area is 144 Å². The van der Waals surface area contributed by atoms with Gasteiger partial charge in [-0.05, 0) is 49.4 Å². The molecule has 0 atom stereocenters. The van der Waals surface area contributed by atoms with Crippen LogP contribution >= 0.6 is 0 Å². The highest BCUT2D eigenvalue weighted by Crippen LogP contribution is 2.26. The predicted molar refractivity (Wildman–Crippen MR) is 98.9 cm³/mol. The van der Waals surface area contributed by atoms with Crippen molar-refractivity contribution < 1.29 is 0 Å². The zero-order chi connectivity index (χ0) is 16.2. The fourth-order valence-corrected chi connectivity index (χ4v) is 3.86. The minimum Gasteiger partial charge on any atom is -0.305 e. The van der Waals surface area contributed by atoms with Gasteiger partial charge in [-0.3, -0.25) is 4.90 Å². The minimum atomic E-state index is 0.753. The lowest BCUT2D eigenvalue weighted by atomic mass is 9.87. The molecule has 1 fully saturated rings. The monoisotopic (exact) mass is 319 g/mol. The van der Waals surface area contributed by atoms with Gasteiger partial charge in [0.05, 0.1) is 12.3 Å². The molecule has 1 saturated heterocycles. The third-order valence-electron chi connectivity index (χ3n) is 5.25. The lowest BCUT2D eigenvalue weighted by molar-refractivity contribution is 0.180. The largest absolute Gasteiger partial charge is 0.305 e. The normalized spacial score (nSPS) is 18.6. The summed E-state index contributed by atoms with van der Waals surface area (Å²) in [5, 5.41) is 4.60. The van der Waals surface area contributed by atoms with Gasteiger partial charge in [-0.2, -0.15) is 5.10 Å². The van der Waals surface area contributed by atoms with Crippen LogP contribution < -0.4 is 5.43 Å². The van der Waals surface area contributed by atoms with Crippen molar-refractivity contribution in [2.24, 2.45) is 11.0 Å². The van der Waals surface area contributed by atoms with Crippen LogP contribution in [-0.4, -0.2) is 23.7 Å². The molecule has 0 saturated carbocycles. The molecule has 124 valence electrons. The molecular weight excluding hydrogens is 294 g/mol. The number of hydrogen-bond donors (Lipinski definition) is 1. The minimum absolute atomic E-state index is 0.753. The van der Waals surface area contributed by atoms with Crippen LogP contribution in [0.3, 0.4) is 0 Å². The van der Waals surface area contributed by atoms with Crippen molar-refractivity contribution in [1.82, 2.24) is 10.3 Å². The summed E-state index contributed by atoms with van der Waals surface area (Å²) in [4.78, 5) is 2.58. The Morgan fingerprint density at radius 2 is 1.71 bits per heavy atom. The fraction of sp³-hybridized carbons (Fsp3) is 0.381. The second kappa shape index (κ2) is 7.18. The van der Waals surface area contributed by atoms with Gasteiger partial charge >= 0.3 is 0 Å². The molecule has 24 heavy (non-hydrogen) atoms. The first-order valence-corrected chi connectivity index (χ1v) is 9.02. The van der Waals surface area contributed by atoms with Gasteiger partial charge in [-0.15, -0.1) is 0 Å². The molecule has 0 unspecified atom stereocenters. The number of hydrazone groups is 1. The van der Waals surface area contributed by atoms with Crippen LogP contribution in [-0.2, 0) is 13.1 Å². The Kier molecular flexibility index (Phi) is 4.61. The van der Waals surface area contributed by atoms with Crippen LogP contribution in [0.15, 0.2) is 59.7 Å². The van der Waals surface area contributed by atoms with Gasteiger partial charge in [0.25, 0.3) is 0 Å². The molecule has 2 aromatic carbocycles. The Morgan fingerprint density at radius 3 is 2.54 bits per heavy atom. The maximum atomic E-state index is 4.60. The molecule has 0 aliphatic carbocycles. The quantitative estimate of drug-likeness (QED) is 0.928. The first-order valence-electron chi connectivity index (χ1n) is 9.02. The van der Waals surface area contributed by atoms with Gasteiger partial charge in [-0.1, -0.05) is 54.6 Å². The standard InChI is InChI=1S/C21H25N3/c1-2-6-18(7-3-1)16-24-12-10-17(11-13-24)14-21-20-9-5-4-8-19(20)15-22-23-21/h1-9,17,22H,10-16H2. The van der Waals surface area contributed by atoms with Gasteiger partial charge in [0, 0.05) is 12.1 Å². The molecule has 0 bridgehead atoms. The Bertz CT molecular complexity index is 700. The molecule has 3 nitrogen and oxygen atoms in total. The number of piperidine rings is 1. The molecule has 0 aromatic heterocycles. The summed E-state index contributed by atoms with van der Waals surface area (Å²) in [6.07, 6.45) is 3.64. The molecule has 1 N–H and O–H groups in total. The van der Waals surface area contributed by atoms with Gasteiger partial charge in [-0.25, -0.2) is 0 Å². The predicted octanol–water partition coefficient (Wildman–Crippen LogP) is 3.80. The van der Waals surface area contributed by atoms with Crippen LogP contribution in [0.4, 0.5) is 0 Å². The number of likely N-dealkylation sites (tertiary alicyclic amines) is 1. The van der Waals surface area contributed by atoms with Crippen LogP contribution in [0.2, 0.25) is 0 Å². The van der Waals surface area contributed by atoms with Gasteiger partial charge in [0.2, 0.25) is 0 Å². The SMILES string of the molecule is c1ccc(CN2CCC(CC3=NNCc4ccccc43)CC2)cc1. The van der Waals surface area contributed by atoms with E-state index in [1.54, 1.807) is 0 Å². The summed E-state index contributed by atoms with van der Waals surface area (Å²) in [5.41, 5.74) is 8.60. The number of benzene rings is 2. The molecule has 0 amide bonds. The number of hydrogen-bond acceptors (Lipinski definition) is 3. The van der Waals surface area contributed by atoms with Crippen LogP contribution in [0.5, 0.6) is 0 Å². The Morgan fingerprint density at radius 1 is 0.958 bits per heavy atom. The van der Waals surface area contributed by atoms with Crippen molar-refractivity contribution in [2.45, 2.75) is 32.4 Å². The zero-order valence-electron chi connectivity index (χ0n) is 14.1. The molecule has 2 aliphatic rings. The van der Waals surface area contributed by atoms with Crippen LogP contribution in [0.25, 0.3) is 0 Å². The highest BCUT2D eigenvalue weighted by atomic mass is 15.3. The Hall–Kier alpha value is -2.13. The van der Waals surface area contributed by atoms with E-state index in [-0.39, 0.29) is 0 Å². The lowest BCUT2D eigenvalue weighted by Gasteiger charge is -2.32. The summed E-state index contributed by atoms with van der Waals surface area (Å²) in [6.45, 7) is 4.33. The highest BCUT2D eigenvalue weighted by Gasteiger charge is 2.23. The van der Waals surface area contributed by atoms with E-state index in [1.165, 1.54) is 48.3 Å². The topological polar surface area (TPSA) is 27.6 Å². The van der Waals surface area contributed by atoms with Crippen molar-refractivity contribution in [2.75, 3.05) is 13.1 Å². The van der Waals surface area contributed by atoms with E-state index in [0.717, 1.165) is 25.4 Å². The van der Waals surface area contributed by atoms with Crippen molar-refractivity contribution in [3.05, 3.63) is 71.3 Å². The molecule has 0 spiro atoms. The maximum absolute atomic E-state index is 4.60. The van der Waals surface area contributed by atoms with E-state index in [4.69, 9.17) is 0 Å². The van der Waals surface area contributed by atoms with Gasteiger partial charge in [0.1, 0.15) is 0 Å². The highest BCUT2D eigenvalue weighted by molar-refractivity contribution is 6.02. The maximum Gasteiger partial charge on any atom is 0.0681 e. The molecular formula is C21H25N3. The fourth-order valence-electron chi connectivity index (χ4n) is 3.86. The average molecular weight is 319 g/mol. The first kappa shape index (κ1) is 15.4. The van der Waals surface area contributed by atoms with Gasteiger partial charge < -0.3 is 5.43 Å². The molecule has 2 heterocycles. The van der Waals surface area contributed by atoms with Crippen molar-refractivity contribution >= 4 is 5.71 Å². The second-order valence-corrected chi connectivity index (χ2v) is 6.96. The van der Waals surface area contributed by atoms with Crippen LogP contribution in [0.1, 0.15) is 36.0 Å². The first-order chi connectivity index (χ1) is 11.9. The molecule has 4 rings (SSSR count). The number of fused-ring (bicyclic) bond motifs is 1. The third kappa shape index (κ3) is 3.51. The molecule has 2 aromatic rings. The van der Waals surface area contributed by atoms with E-state index in [1.807, 2.05) is 0 Å². The van der Waals surface area contributed by atoms with E-state index in [0.29, 0.717) is 0 Å². The zero-order valence-corrected chi connectivity index (χ0v) is 14.1. The second-order valence-electron chi connectivity index (χ2n) is 6.96. The summed E-state index contributed by atoms with van der Waals surface area (Å²) >= 11 is 0. The van der Waals surface area contributed by atoms with E-state index in [9.17, 15) is 0 Å². The third-order valence-corrected chi connectivity index (χ3v) is 5.25. The van der Waals surface area contributed by atoms with Crippen molar-refractivity contribution in [3.63, 3.8) is 0 Å². The van der Waals surface area contributed by atoms with Crippen LogP contribution in [0, 0.1) is 5.92 Å². The number of nitrogens with one attached hydrogen (secondary N) is 1. The Balaban J connectivity index is 1.33. The summed E-state index contributed by atoms with van der Waals surface area (Å²) in [5.74, 6) is 0.753. The van der Waals surface area contributed by atoms with E-state index < -0.39 is 0 Å². The van der Waals surface area contributed by atoms with Crippen molar-refractivity contribution in [1.29, 1.82) is 0 Å². The van der Waals surface area contributed by atoms with Crippen molar-refractivity contribution in [3.8, 4) is 0 Å². The average Bonchev–Trinajstić information content (AvgIpc) is 2.65. The number of rotatable bonds is 4. The smallest absolute Gasteiger partial charge is 0.0681 e. The molecule has 3 heteroatoms. The van der Waals surface area contributed by atoms with Gasteiger partial charge in [0.15, 0.2) is 0 Å². The van der Waals surface area contributed by atoms with E-state index in [2.05, 4.69) is 70.0 Å². The summed E-state index contributed by atoms with van der Waals surface area (Å²) in [7, 11) is 0.